The van der Waals surface area contributed by atoms with E-state index in [-0.39, 0.29) is 19.6 Å². The van der Waals surface area contributed by atoms with Crippen LogP contribution >= 0.6 is 11.3 Å². The van der Waals surface area contributed by atoms with Crippen LogP contribution in [0.5, 0.6) is 0 Å². The van der Waals surface area contributed by atoms with E-state index in [0.717, 1.165) is 16.2 Å². The molecule has 13 nitrogen and oxygen atoms in total. The maximum absolute atomic E-state index is 13.7. The highest BCUT2D eigenvalue weighted by molar-refractivity contribution is 7.10. The molecule has 35 heavy (non-hydrogen) atoms. The number of hydrogen-bond donors (Lipinski definition) is 4. The van der Waals surface area contributed by atoms with Crippen LogP contribution in [0.25, 0.3) is 0 Å². The molecule has 4 rings (SSSR count). The SMILES string of the molecule is COC1(NC(=O)C(c2cccs2)N(C(=O)C2CCNCC2)C(=O)N2CCNC(=O)C2=O)CNC1=O. The zero-order chi connectivity index (χ0) is 25.2. The van der Waals surface area contributed by atoms with Gasteiger partial charge in [0.2, 0.25) is 11.6 Å². The number of β-lactam (4-membered cyclic amide) rings is 1. The maximum atomic E-state index is 13.7. The molecule has 4 heterocycles. The van der Waals surface area contributed by atoms with Gasteiger partial charge in [0.1, 0.15) is 0 Å². The number of imide groups is 2. The van der Waals surface area contributed by atoms with E-state index in [1.165, 1.54) is 7.11 Å². The molecule has 1 aromatic heterocycles. The van der Waals surface area contributed by atoms with Crippen molar-refractivity contribution in [2.45, 2.75) is 24.6 Å². The third-order valence-corrected chi connectivity index (χ3v) is 7.21. The summed E-state index contributed by atoms with van der Waals surface area (Å²) in [4.78, 5) is 79.4. The Balaban J connectivity index is 1.73. The summed E-state index contributed by atoms with van der Waals surface area (Å²) >= 11 is 1.13. The van der Waals surface area contributed by atoms with Crippen molar-refractivity contribution in [2.24, 2.45) is 5.92 Å². The Bertz CT molecular complexity index is 1040. The molecular formula is C21H26N6O7S. The molecule has 2 atom stereocenters. The van der Waals surface area contributed by atoms with E-state index in [4.69, 9.17) is 4.74 Å². The summed E-state index contributed by atoms with van der Waals surface area (Å²) in [6.45, 7) is 0.974. The number of nitrogens with one attached hydrogen (secondary N) is 4. The zero-order valence-corrected chi connectivity index (χ0v) is 19.8. The molecule has 3 aliphatic heterocycles. The molecule has 2 unspecified atom stereocenters. The van der Waals surface area contributed by atoms with Gasteiger partial charge in [-0.05, 0) is 37.4 Å². The van der Waals surface area contributed by atoms with Crippen LogP contribution in [0.1, 0.15) is 23.8 Å². The summed E-state index contributed by atoms with van der Waals surface area (Å²) in [7, 11) is 1.26. The van der Waals surface area contributed by atoms with Gasteiger partial charge < -0.3 is 26.0 Å². The number of hydrogen-bond acceptors (Lipinski definition) is 9. The van der Waals surface area contributed by atoms with Crippen LogP contribution in [0.4, 0.5) is 4.79 Å². The second-order valence-corrected chi connectivity index (χ2v) is 9.33. The molecule has 0 spiro atoms. The van der Waals surface area contributed by atoms with E-state index in [2.05, 4.69) is 21.3 Å². The van der Waals surface area contributed by atoms with E-state index in [0.29, 0.717) is 35.7 Å². The van der Waals surface area contributed by atoms with Crippen molar-refractivity contribution in [3.8, 4) is 0 Å². The molecule has 0 aromatic carbocycles. The predicted molar refractivity (Wildman–Crippen MR) is 121 cm³/mol. The van der Waals surface area contributed by atoms with Crippen molar-refractivity contribution in [3.63, 3.8) is 0 Å². The highest BCUT2D eigenvalue weighted by Crippen LogP contribution is 2.31. The number of rotatable bonds is 6. The summed E-state index contributed by atoms with van der Waals surface area (Å²) in [6.07, 6.45) is 0.862. The second kappa shape index (κ2) is 10.1. The Kier molecular flexibility index (Phi) is 7.14. The van der Waals surface area contributed by atoms with Gasteiger partial charge in [-0.15, -0.1) is 11.3 Å². The monoisotopic (exact) mass is 506 g/mol. The van der Waals surface area contributed by atoms with Gasteiger partial charge >= 0.3 is 17.8 Å². The molecule has 0 aliphatic carbocycles. The van der Waals surface area contributed by atoms with E-state index in [1.807, 2.05) is 0 Å². The highest BCUT2D eigenvalue weighted by Gasteiger charge is 2.52. The van der Waals surface area contributed by atoms with Crippen LogP contribution in [-0.2, 0) is 28.7 Å². The predicted octanol–water partition coefficient (Wildman–Crippen LogP) is -1.72. The molecule has 3 fully saturated rings. The average molecular weight is 507 g/mol. The number of ether oxygens (including phenoxy) is 1. The molecule has 3 aliphatic rings. The van der Waals surface area contributed by atoms with E-state index in [9.17, 15) is 28.8 Å². The Labute approximate surface area is 204 Å². The van der Waals surface area contributed by atoms with Crippen LogP contribution in [0.3, 0.4) is 0 Å². The lowest BCUT2D eigenvalue weighted by molar-refractivity contribution is -0.168. The van der Waals surface area contributed by atoms with Crippen LogP contribution in [0.15, 0.2) is 17.5 Å². The molecule has 7 amide bonds. The van der Waals surface area contributed by atoms with Crippen LogP contribution in [0, 0.1) is 5.92 Å². The average Bonchev–Trinajstić information content (AvgIpc) is 3.40. The smallest absolute Gasteiger partial charge is 0.334 e. The van der Waals surface area contributed by atoms with E-state index < -0.39 is 53.3 Å². The number of urea groups is 1. The molecule has 0 radical (unpaired) electrons. The van der Waals surface area contributed by atoms with Gasteiger partial charge in [0.05, 0.1) is 6.54 Å². The van der Waals surface area contributed by atoms with Crippen molar-refractivity contribution >= 4 is 46.9 Å². The summed E-state index contributed by atoms with van der Waals surface area (Å²) in [5, 5.41) is 12.2. The number of piperidine rings is 1. The number of thiophene rings is 1. The summed E-state index contributed by atoms with van der Waals surface area (Å²) < 4.78 is 5.23. The van der Waals surface area contributed by atoms with Crippen molar-refractivity contribution in [2.75, 3.05) is 39.8 Å². The summed E-state index contributed by atoms with van der Waals surface area (Å²) in [5.74, 6) is -4.68. The van der Waals surface area contributed by atoms with Crippen molar-refractivity contribution in [3.05, 3.63) is 22.4 Å². The first-order chi connectivity index (χ1) is 16.8. The first kappa shape index (κ1) is 24.8. The minimum Gasteiger partial charge on any atom is -0.349 e. The molecular weight excluding hydrogens is 480 g/mol. The molecule has 0 saturated carbocycles. The fraction of sp³-hybridized carbons (Fsp3) is 0.524. The zero-order valence-electron chi connectivity index (χ0n) is 19.0. The van der Waals surface area contributed by atoms with Gasteiger partial charge in [0, 0.05) is 31.0 Å². The second-order valence-electron chi connectivity index (χ2n) is 8.35. The molecule has 4 N–H and O–H groups in total. The molecule has 14 heteroatoms. The van der Waals surface area contributed by atoms with Crippen LogP contribution in [-0.4, -0.2) is 90.9 Å². The highest BCUT2D eigenvalue weighted by atomic mass is 32.1. The number of piperazine rings is 1. The summed E-state index contributed by atoms with van der Waals surface area (Å²) in [6, 6.07) is 0.685. The topological polar surface area (TPSA) is 166 Å². The number of nitrogens with zero attached hydrogens (tertiary/aromatic N) is 2. The molecule has 0 bridgehead atoms. The van der Waals surface area contributed by atoms with Gasteiger partial charge in [-0.25, -0.2) is 9.69 Å². The molecule has 1 aromatic rings. The fourth-order valence-electron chi connectivity index (χ4n) is 4.22. The fourth-order valence-corrected chi connectivity index (χ4v) is 5.03. The number of carbonyl (C=O) groups is 6. The van der Waals surface area contributed by atoms with E-state index >= 15 is 0 Å². The van der Waals surface area contributed by atoms with Gasteiger partial charge in [0.25, 0.3) is 11.8 Å². The first-order valence-electron chi connectivity index (χ1n) is 11.2. The number of amides is 7. The quantitative estimate of drug-likeness (QED) is 0.201. The van der Waals surface area contributed by atoms with Gasteiger partial charge in [-0.1, -0.05) is 6.07 Å². The Morgan fingerprint density at radius 2 is 1.94 bits per heavy atom. The van der Waals surface area contributed by atoms with Gasteiger partial charge in [-0.3, -0.25) is 28.9 Å². The standard InChI is InChI=1S/C21H26N6O7S/c1-34-21(11-24-19(21)32)25-15(28)14(13-3-2-10-35-13)27(17(30)12-4-6-22-7-5-12)20(33)26-9-8-23-16(29)18(26)31/h2-3,10,12,14,22H,4-9,11H2,1H3,(H,23,29)(H,24,32)(H,25,28). The lowest BCUT2D eigenvalue weighted by Gasteiger charge is -2.42. The number of methoxy groups -OCH3 is 1. The third-order valence-electron chi connectivity index (χ3n) is 6.28. The first-order valence-corrected chi connectivity index (χ1v) is 12.0. The van der Waals surface area contributed by atoms with Gasteiger partial charge in [-0.2, -0.15) is 0 Å². The van der Waals surface area contributed by atoms with Crippen molar-refractivity contribution in [1.82, 2.24) is 31.1 Å². The minimum absolute atomic E-state index is 0.00615. The number of carbonyl (C=O) groups excluding carboxylic acids is 6. The van der Waals surface area contributed by atoms with Crippen molar-refractivity contribution < 1.29 is 33.5 Å². The van der Waals surface area contributed by atoms with Crippen LogP contribution < -0.4 is 21.3 Å². The molecule has 188 valence electrons. The van der Waals surface area contributed by atoms with Crippen molar-refractivity contribution in [1.29, 1.82) is 0 Å². The lowest BCUT2D eigenvalue weighted by Crippen LogP contribution is -2.75. The molecule has 3 saturated heterocycles. The largest absolute Gasteiger partial charge is 0.349 e. The summed E-state index contributed by atoms with van der Waals surface area (Å²) in [5.41, 5.74) is -1.64. The van der Waals surface area contributed by atoms with Crippen LogP contribution in [0.2, 0.25) is 0 Å². The Morgan fingerprint density at radius 1 is 1.20 bits per heavy atom. The van der Waals surface area contributed by atoms with Gasteiger partial charge in [0.15, 0.2) is 6.04 Å². The minimum atomic E-state index is -1.64. The third kappa shape index (κ3) is 4.63. The lowest BCUT2D eigenvalue weighted by atomic mass is 9.95. The maximum Gasteiger partial charge on any atom is 0.334 e. The Hall–Kier alpha value is -3.36. The van der Waals surface area contributed by atoms with E-state index in [1.54, 1.807) is 17.5 Å². The Morgan fingerprint density at radius 3 is 2.51 bits per heavy atom. The normalized spacial score (nSPS) is 23.6.